The normalized spacial score (nSPS) is 10.6. The van der Waals surface area contributed by atoms with E-state index in [-0.39, 0.29) is 0 Å². The Morgan fingerprint density at radius 1 is 1.00 bits per heavy atom. The molecule has 0 unspecified atom stereocenters. The number of hydrogen-bond acceptors (Lipinski definition) is 2. The number of hydrogen-bond donors (Lipinski definition) is 1. The molecule has 0 aromatic heterocycles. The number of benzene rings is 2. The van der Waals surface area contributed by atoms with Crippen LogP contribution in [0.3, 0.4) is 0 Å². The summed E-state index contributed by atoms with van der Waals surface area (Å²) in [5, 5.41) is 0. The van der Waals surface area contributed by atoms with Crippen LogP contribution in [0.25, 0.3) is 0 Å². The molecule has 0 atom stereocenters. The first-order valence-corrected chi connectivity index (χ1v) is 7.11. The van der Waals surface area contributed by atoms with Gasteiger partial charge in [-0.25, -0.2) is 0 Å². The van der Waals surface area contributed by atoms with Crippen molar-refractivity contribution in [1.82, 2.24) is 0 Å². The van der Waals surface area contributed by atoms with E-state index in [1.807, 2.05) is 12.1 Å². The molecule has 0 aliphatic carbocycles. The lowest BCUT2D eigenvalue weighted by Gasteiger charge is -2.12. The summed E-state index contributed by atoms with van der Waals surface area (Å²) >= 11 is 0. The fourth-order valence-corrected chi connectivity index (χ4v) is 2.29. The first-order valence-electron chi connectivity index (χ1n) is 7.11. The minimum atomic E-state index is 0.744. The van der Waals surface area contributed by atoms with Gasteiger partial charge in [0, 0.05) is 5.69 Å². The molecular weight excluding hydrogens is 246 g/mol. The van der Waals surface area contributed by atoms with Crippen LogP contribution in [0.5, 0.6) is 5.75 Å². The molecule has 20 heavy (non-hydrogen) atoms. The van der Waals surface area contributed by atoms with E-state index in [0.717, 1.165) is 30.9 Å². The summed E-state index contributed by atoms with van der Waals surface area (Å²) in [4.78, 5) is 0. The molecule has 0 radical (unpaired) electrons. The van der Waals surface area contributed by atoms with Crippen LogP contribution in [0.1, 0.15) is 28.7 Å². The third kappa shape index (κ3) is 3.77. The van der Waals surface area contributed by atoms with E-state index < -0.39 is 0 Å². The molecule has 2 aromatic rings. The van der Waals surface area contributed by atoms with Gasteiger partial charge in [0.2, 0.25) is 0 Å². The molecule has 0 saturated heterocycles. The summed E-state index contributed by atoms with van der Waals surface area (Å²) in [6, 6.07) is 12.4. The van der Waals surface area contributed by atoms with Gasteiger partial charge >= 0.3 is 0 Å². The van der Waals surface area contributed by atoms with Crippen molar-refractivity contribution in [3.05, 3.63) is 58.7 Å². The van der Waals surface area contributed by atoms with Gasteiger partial charge in [0.05, 0.1) is 6.61 Å². The standard InChI is InChI=1S/C18H23NO/c1-13-11-14(2)15(3)18(12-13)20-10-4-5-16-6-8-17(19)9-7-16/h6-9,11-12H,4-5,10,19H2,1-3H3. The van der Waals surface area contributed by atoms with E-state index in [2.05, 4.69) is 45.0 Å². The predicted molar refractivity (Wildman–Crippen MR) is 85.3 cm³/mol. The van der Waals surface area contributed by atoms with Gasteiger partial charge in [-0.2, -0.15) is 0 Å². The maximum absolute atomic E-state index is 5.92. The van der Waals surface area contributed by atoms with Crippen LogP contribution < -0.4 is 10.5 Å². The van der Waals surface area contributed by atoms with Crippen molar-refractivity contribution in [2.45, 2.75) is 33.6 Å². The van der Waals surface area contributed by atoms with Crippen molar-refractivity contribution in [2.75, 3.05) is 12.3 Å². The molecule has 0 fully saturated rings. The van der Waals surface area contributed by atoms with Crippen LogP contribution in [0.4, 0.5) is 5.69 Å². The summed E-state index contributed by atoms with van der Waals surface area (Å²) in [7, 11) is 0. The molecule has 0 saturated carbocycles. The summed E-state index contributed by atoms with van der Waals surface area (Å²) in [5.74, 6) is 1.01. The zero-order valence-electron chi connectivity index (χ0n) is 12.6. The molecule has 2 heteroatoms. The van der Waals surface area contributed by atoms with Crippen molar-refractivity contribution >= 4 is 5.69 Å². The number of anilines is 1. The minimum absolute atomic E-state index is 0.744. The molecule has 0 aliphatic heterocycles. The summed E-state index contributed by atoms with van der Waals surface area (Å²) in [6.45, 7) is 7.09. The molecule has 2 rings (SSSR count). The Balaban J connectivity index is 1.86. The SMILES string of the molecule is Cc1cc(C)c(C)c(OCCCc2ccc(N)cc2)c1. The monoisotopic (exact) mass is 269 g/mol. The highest BCUT2D eigenvalue weighted by Gasteiger charge is 2.03. The maximum atomic E-state index is 5.92. The molecule has 2 aromatic carbocycles. The maximum Gasteiger partial charge on any atom is 0.122 e. The van der Waals surface area contributed by atoms with Crippen LogP contribution >= 0.6 is 0 Å². The van der Waals surface area contributed by atoms with Gasteiger partial charge < -0.3 is 10.5 Å². The molecular formula is C18H23NO. The Hall–Kier alpha value is -1.96. The van der Waals surface area contributed by atoms with E-state index >= 15 is 0 Å². The van der Waals surface area contributed by atoms with Crippen LogP contribution in [0, 0.1) is 20.8 Å². The summed E-state index contributed by atoms with van der Waals surface area (Å²) in [6.07, 6.45) is 2.03. The third-order valence-electron chi connectivity index (χ3n) is 3.61. The van der Waals surface area contributed by atoms with Crippen molar-refractivity contribution in [1.29, 1.82) is 0 Å². The fraction of sp³-hybridized carbons (Fsp3) is 0.333. The van der Waals surface area contributed by atoms with Gasteiger partial charge in [-0.3, -0.25) is 0 Å². The fourth-order valence-electron chi connectivity index (χ4n) is 2.29. The molecule has 106 valence electrons. The van der Waals surface area contributed by atoms with Gasteiger partial charge in [-0.1, -0.05) is 18.2 Å². The number of nitrogens with two attached hydrogens (primary N) is 1. The quantitative estimate of drug-likeness (QED) is 0.652. The highest BCUT2D eigenvalue weighted by molar-refractivity contribution is 5.42. The Labute approximate surface area is 121 Å². The Kier molecular flexibility index (Phi) is 4.67. The molecule has 0 bridgehead atoms. The average Bonchev–Trinajstić information content (AvgIpc) is 2.42. The predicted octanol–water partition coefficient (Wildman–Crippen LogP) is 4.21. The van der Waals surface area contributed by atoms with Crippen molar-refractivity contribution in [3.8, 4) is 5.75 Å². The van der Waals surface area contributed by atoms with Crippen molar-refractivity contribution < 1.29 is 4.74 Å². The van der Waals surface area contributed by atoms with E-state index in [0.29, 0.717) is 0 Å². The van der Waals surface area contributed by atoms with E-state index in [9.17, 15) is 0 Å². The summed E-state index contributed by atoms with van der Waals surface area (Å²) < 4.78 is 5.92. The largest absolute Gasteiger partial charge is 0.493 e. The van der Waals surface area contributed by atoms with E-state index in [1.54, 1.807) is 0 Å². The van der Waals surface area contributed by atoms with E-state index in [4.69, 9.17) is 10.5 Å². The third-order valence-corrected chi connectivity index (χ3v) is 3.61. The smallest absolute Gasteiger partial charge is 0.122 e. The molecule has 0 heterocycles. The van der Waals surface area contributed by atoms with Crippen LogP contribution in [0.2, 0.25) is 0 Å². The first-order chi connectivity index (χ1) is 9.56. The lowest BCUT2D eigenvalue weighted by atomic mass is 10.1. The molecule has 0 spiro atoms. The van der Waals surface area contributed by atoms with Gasteiger partial charge in [-0.15, -0.1) is 0 Å². The van der Waals surface area contributed by atoms with E-state index in [1.165, 1.54) is 22.3 Å². The lowest BCUT2D eigenvalue weighted by molar-refractivity contribution is 0.308. The second-order valence-corrected chi connectivity index (χ2v) is 5.40. The Morgan fingerprint density at radius 3 is 2.40 bits per heavy atom. The topological polar surface area (TPSA) is 35.2 Å². The highest BCUT2D eigenvalue weighted by atomic mass is 16.5. The Bertz CT molecular complexity index is 573. The van der Waals surface area contributed by atoms with Crippen molar-refractivity contribution in [3.63, 3.8) is 0 Å². The zero-order chi connectivity index (χ0) is 14.5. The van der Waals surface area contributed by atoms with Gasteiger partial charge in [-0.05, 0) is 74.1 Å². The van der Waals surface area contributed by atoms with Crippen molar-refractivity contribution in [2.24, 2.45) is 0 Å². The van der Waals surface area contributed by atoms with Crippen LogP contribution in [-0.4, -0.2) is 6.61 Å². The number of ether oxygens (including phenoxy) is 1. The second-order valence-electron chi connectivity index (χ2n) is 5.40. The minimum Gasteiger partial charge on any atom is -0.493 e. The molecule has 0 amide bonds. The number of aryl methyl sites for hydroxylation is 3. The number of nitrogen functional groups attached to an aromatic ring is 1. The zero-order valence-corrected chi connectivity index (χ0v) is 12.6. The van der Waals surface area contributed by atoms with Gasteiger partial charge in [0.25, 0.3) is 0 Å². The summed E-state index contributed by atoms with van der Waals surface area (Å²) in [5.41, 5.74) is 11.6. The van der Waals surface area contributed by atoms with Gasteiger partial charge in [0.1, 0.15) is 5.75 Å². The Morgan fingerprint density at radius 2 is 1.70 bits per heavy atom. The molecule has 2 nitrogen and oxygen atoms in total. The molecule has 2 N–H and O–H groups in total. The highest BCUT2D eigenvalue weighted by Crippen LogP contribution is 2.23. The van der Waals surface area contributed by atoms with Gasteiger partial charge in [0.15, 0.2) is 0 Å². The second kappa shape index (κ2) is 6.47. The molecule has 0 aliphatic rings. The average molecular weight is 269 g/mol. The van der Waals surface area contributed by atoms with Crippen LogP contribution in [-0.2, 0) is 6.42 Å². The van der Waals surface area contributed by atoms with Crippen LogP contribution in [0.15, 0.2) is 36.4 Å². The lowest BCUT2D eigenvalue weighted by Crippen LogP contribution is -2.02. The first kappa shape index (κ1) is 14.4. The number of rotatable bonds is 5.